The second-order valence-corrected chi connectivity index (χ2v) is 3.40. The number of epoxide rings is 1. The third kappa shape index (κ3) is 2.38. The van der Waals surface area contributed by atoms with Crippen molar-refractivity contribution in [2.45, 2.75) is 6.10 Å². The van der Waals surface area contributed by atoms with Gasteiger partial charge in [0.1, 0.15) is 12.7 Å². The molecule has 16 heavy (non-hydrogen) atoms. The van der Waals surface area contributed by atoms with Gasteiger partial charge in [0.05, 0.1) is 17.7 Å². The number of rotatable bonds is 4. The van der Waals surface area contributed by atoms with E-state index in [4.69, 9.17) is 14.6 Å². The van der Waals surface area contributed by atoms with Gasteiger partial charge in [0, 0.05) is 0 Å². The van der Waals surface area contributed by atoms with Gasteiger partial charge in [-0.1, -0.05) is 12.1 Å². The Labute approximate surface area is 91.6 Å². The Morgan fingerprint density at radius 3 is 2.56 bits per heavy atom. The predicted octanol–water partition coefficient (Wildman–Crippen LogP) is 0.940. The summed E-state index contributed by atoms with van der Waals surface area (Å²) in [5, 5.41) is 8.87. The highest BCUT2D eigenvalue weighted by atomic mass is 16.6. The van der Waals surface area contributed by atoms with Crippen LogP contribution in [-0.2, 0) is 9.47 Å². The van der Waals surface area contributed by atoms with Crippen LogP contribution in [0.2, 0.25) is 0 Å². The van der Waals surface area contributed by atoms with Crippen LogP contribution in [0.15, 0.2) is 24.3 Å². The average Bonchev–Trinajstić information content (AvgIpc) is 3.09. The predicted molar refractivity (Wildman–Crippen MR) is 53.4 cm³/mol. The zero-order valence-electron chi connectivity index (χ0n) is 8.38. The van der Waals surface area contributed by atoms with Crippen LogP contribution in [0.25, 0.3) is 0 Å². The number of carbonyl (C=O) groups is 2. The van der Waals surface area contributed by atoms with Gasteiger partial charge in [-0.15, -0.1) is 0 Å². The standard InChI is InChI=1S/C11H10O5/c12-10(13)8-3-1-2-4-9(8)11(14)16-6-7-5-15-7/h1-4,7H,5-6H2,(H,12,13). The Morgan fingerprint density at radius 2 is 2.00 bits per heavy atom. The van der Waals surface area contributed by atoms with Crippen molar-refractivity contribution in [2.24, 2.45) is 0 Å². The third-order valence-electron chi connectivity index (χ3n) is 2.18. The summed E-state index contributed by atoms with van der Waals surface area (Å²) in [6, 6.07) is 5.95. The Morgan fingerprint density at radius 1 is 1.38 bits per heavy atom. The van der Waals surface area contributed by atoms with E-state index >= 15 is 0 Å². The van der Waals surface area contributed by atoms with E-state index in [1.54, 1.807) is 12.1 Å². The van der Waals surface area contributed by atoms with Crippen molar-refractivity contribution in [1.82, 2.24) is 0 Å². The lowest BCUT2D eigenvalue weighted by Crippen LogP contribution is -2.14. The first-order valence-corrected chi connectivity index (χ1v) is 4.79. The first kappa shape index (κ1) is 10.6. The minimum Gasteiger partial charge on any atom is -0.478 e. The van der Waals surface area contributed by atoms with Crippen molar-refractivity contribution < 1.29 is 24.2 Å². The summed E-state index contributed by atoms with van der Waals surface area (Å²) in [6.45, 7) is 0.765. The summed E-state index contributed by atoms with van der Waals surface area (Å²) < 4.78 is 9.79. The lowest BCUT2D eigenvalue weighted by atomic mass is 10.1. The highest BCUT2D eigenvalue weighted by molar-refractivity contribution is 6.02. The van der Waals surface area contributed by atoms with Gasteiger partial charge in [-0.3, -0.25) is 0 Å². The van der Waals surface area contributed by atoms with Gasteiger partial charge >= 0.3 is 11.9 Å². The molecule has 1 saturated heterocycles. The summed E-state index contributed by atoms with van der Waals surface area (Å²) in [4.78, 5) is 22.4. The van der Waals surface area contributed by atoms with E-state index in [1.165, 1.54) is 12.1 Å². The Kier molecular flexibility index (Phi) is 2.87. The van der Waals surface area contributed by atoms with Gasteiger partial charge in [-0.25, -0.2) is 9.59 Å². The molecule has 1 aromatic rings. The molecule has 0 amide bonds. The SMILES string of the molecule is O=C(O)c1ccccc1C(=O)OCC1CO1. The molecule has 0 aromatic heterocycles. The molecule has 0 spiro atoms. The largest absolute Gasteiger partial charge is 0.478 e. The number of carboxylic acid groups (broad SMARTS) is 1. The van der Waals surface area contributed by atoms with Gasteiger partial charge in [0.2, 0.25) is 0 Å². The molecule has 1 N–H and O–H groups in total. The fourth-order valence-corrected chi connectivity index (χ4v) is 1.26. The molecule has 1 atom stereocenters. The van der Waals surface area contributed by atoms with Crippen LogP contribution in [0.3, 0.4) is 0 Å². The van der Waals surface area contributed by atoms with E-state index in [0.717, 1.165) is 0 Å². The smallest absolute Gasteiger partial charge is 0.339 e. The van der Waals surface area contributed by atoms with Crippen molar-refractivity contribution in [3.8, 4) is 0 Å². The third-order valence-corrected chi connectivity index (χ3v) is 2.18. The lowest BCUT2D eigenvalue weighted by Gasteiger charge is -2.05. The summed E-state index contributed by atoms with van der Waals surface area (Å²) >= 11 is 0. The van der Waals surface area contributed by atoms with E-state index in [2.05, 4.69) is 0 Å². The quantitative estimate of drug-likeness (QED) is 0.606. The number of carbonyl (C=O) groups excluding carboxylic acids is 1. The normalized spacial score (nSPS) is 17.9. The molecule has 84 valence electrons. The maximum atomic E-state index is 11.6. The van der Waals surface area contributed by atoms with Crippen molar-refractivity contribution in [3.05, 3.63) is 35.4 Å². The van der Waals surface area contributed by atoms with Gasteiger partial charge < -0.3 is 14.6 Å². The molecule has 1 heterocycles. The van der Waals surface area contributed by atoms with E-state index in [0.29, 0.717) is 6.61 Å². The molecular formula is C11H10O5. The first-order chi connectivity index (χ1) is 7.68. The molecule has 1 fully saturated rings. The number of carboxylic acids is 1. The van der Waals surface area contributed by atoms with Crippen molar-refractivity contribution >= 4 is 11.9 Å². The number of esters is 1. The number of ether oxygens (including phenoxy) is 2. The summed E-state index contributed by atoms with van der Waals surface area (Å²) in [5.41, 5.74) is 0.0138. The molecule has 5 nitrogen and oxygen atoms in total. The molecule has 1 aliphatic rings. The molecule has 1 aromatic carbocycles. The van der Waals surface area contributed by atoms with E-state index < -0.39 is 11.9 Å². The summed E-state index contributed by atoms with van der Waals surface area (Å²) in [7, 11) is 0. The minimum atomic E-state index is -1.14. The Hall–Kier alpha value is -1.88. The van der Waals surface area contributed by atoms with Crippen molar-refractivity contribution in [2.75, 3.05) is 13.2 Å². The Balaban J connectivity index is 2.11. The molecule has 1 aliphatic heterocycles. The molecule has 2 rings (SSSR count). The van der Waals surface area contributed by atoms with Crippen LogP contribution >= 0.6 is 0 Å². The average molecular weight is 222 g/mol. The van der Waals surface area contributed by atoms with Gasteiger partial charge in [0.25, 0.3) is 0 Å². The highest BCUT2D eigenvalue weighted by Crippen LogP contribution is 2.13. The number of hydrogen-bond donors (Lipinski definition) is 1. The molecule has 0 radical (unpaired) electrons. The van der Waals surface area contributed by atoms with Gasteiger partial charge in [-0.2, -0.15) is 0 Å². The van der Waals surface area contributed by atoms with Crippen LogP contribution in [0.4, 0.5) is 0 Å². The minimum absolute atomic E-state index is 0.0269. The molecule has 0 bridgehead atoms. The monoisotopic (exact) mass is 222 g/mol. The first-order valence-electron chi connectivity index (χ1n) is 4.79. The van der Waals surface area contributed by atoms with Crippen LogP contribution in [-0.4, -0.2) is 36.4 Å². The topological polar surface area (TPSA) is 76.1 Å². The van der Waals surface area contributed by atoms with Gasteiger partial charge in [0.15, 0.2) is 0 Å². The van der Waals surface area contributed by atoms with Crippen molar-refractivity contribution in [1.29, 1.82) is 0 Å². The number of aromatic carboxylic acids is 1. The maximum Gasteiger partial charge on any atom is 0.339 e. The molecule has 5 heteroatoms. The summed E-state index contributed by atoms with van der Waals surface area (Å²) in [6.07, 6.45) is -0.0269. The summed E-state index contributed by atoms with van der Waals surface area (Å²) in [5.74, 6) is -1.77. The zero-order chi connectivity index (χ0) is 11.5. The van der Waals surface area contributed by atoms with Crippen LogP contribution < -0.4 is 0 Å². The maximum absolute atomic E-state index is 11.6. The second kappa shape index (κ2) is 4.32. The molecular weight excluding hydrogens is 212 g/mol. The fourth-order valence-electron chi connectivity index (χ4n) is 1.26. The van der Waals surface area contributed by atoms with E-state index in [-0.39, 0.29) is 23.8 Å². The molecule has 1 unspecified atom stereocenters. The van der Waals surface area contributed by atoms with Crippen LogP contribution in [0, 0.1) is 0 Å². The van der Waals surface area contributed by atoms with Gasteiger partial charge in [-0.05, 0) is 12.1 Å². The van der Waals surface area contributed by atoms with Crippen LogP contribution in [0.5, 0.6) is 0 Å². The Bertz CT molecular complexity index is 422. The van der Waals surface area contributed by atoms with E-state index in [1.807, 2.05) is 0 Å². The molecule has 0 aliphatic carbocycles. The van der Waals surface area contributed by atoms with Crippen molar-refractivity contribution in [3.63, 3.8) is 0 Å². The number of benzene rings is 1. The lowest BCUT2D eigenvalue weighted by molar-refractivity contribution is 0.0467. The molecule has 0 saturated carbocycles. The number of hydrogen-bond acceptors (Lipinski definition) is 4. The van der Waals surface area contributed by atoms with E-state index in [9.17, 15) is 9.59 Å². The zero-order valence-corrected chi connectivity index (χ0v) is 8.38. The second-order valence-electron chi connectivity index (χ2n) is 3.40. The fraction of sp³-hybridized carbons (Fsp3) is 0.273. The highest BCUT2D eigenvalue weighted by Gasteiger charge is 2.25. The van der Waals surface area contributed by atoms with Crippen LogP contribution in [0.1, 0.15) is 20.7 Å².